The third-order valence-electron chi connectivity index (χ3n) is 4.43. The zero-order valence-electron chi connectivity index (χ0n) is 15.6. The Bertz CT molecular complexity index is 658. The summed E-state index contributed by atoms with van der Waals surface area (Å²) in [6.07, 6.45) is 0.153. The Kier molecular flexibility index (Phi) is 5.36. The SMILES string of the molecule is CC(C)(C)OC(=O)N1CCN(c2ccc(C3=NOC(CO)C3)cc2)CC1. The molecule has 1 aromatic carbocycles. The van der Waals surface area contributed by atoms with Crippen molar-refractivity contribution in [3.63, 3.8) is 0 Å². The molecule has 1 amide bonds. The summed E-state index contributed by atoms with van der Waals surface area (Å²) >= 11 is 0. The summed E-state index contributed by atoms with van der Waals surface area (Å²) in [7, 11) is 0. The Morgan fingerprint density at radius 1 is 1.23 bits per heavy atom. The van der Waals surface area contributed by atoms with Crippen LogP contribution in [0.5, 0.6) is 0 Å². The topological polar surface area (TPSA) is 74.6 Å². The van der Waals surface area contributed by atoms with E-state index < -0.39 is 5.60 Å². The van der Waals surface area contributed by atoms with Crippen LogP contribution in [0.3, 0.4) is 0 Å². The van der Waals surface area contributed by atoms with Gasteiger partial charge < -0.3 is 24.5 Å². The van der Waals surface area contributed by atoms with Crippen LogP contribution < -0.4 is 4.90 Å². The average molecular weight is 361 g/mol. The second-order valence-electron chi connectivity index (χ2n) is 7.65. The number of anilines is 1. The lowest BCUT2D eigenvalue weighted by atomic mass is 10.0. The molecular formula is C19H27N3O4. The number of nitrogens with zero attached hydrogens (tertiary/aromatic N) is 3. The Hall–Kier alpha value is -2.28. The molecule has 1 aromatic rings. The first-order chi connectivity index (χ1) is 12.4. The maximum absolute atomic E-state index is 12.1. The summed E-state index contributed by atoms with van der Waals surface area (Å²) in [6.45, 7) is 8.46. The van der Waals surface area contributed by atoms with Crippen molar-refractivity contribution in [2.45, 2.75) is 38.9 Å². The van der Waals surface area contributed by atoms with E-state index in [1.54, 1.807) is 4.90 Å². The minimum Gasteiger partial charge on any atom is -0.444 e. The van der Waals surface area contributed by atoms with Gasteiger partial charge in [0.25, 0.3) is 0 Å². The molecule has 0 bridgehead atoms. The number of piperazine rings is 1. The summed E-state index contributed by atoms with van der Waals surface area (Å²) in [5.41, 5.74) is 2.53. The summed E-state index contributed by atoms with van der Waals surface area (Å²) in [4.78, 5) is 21.3. The number of hydrogen-bond acceptors (Lipinski definition) is 6. The highest BCUT2D eigenvalue weighted by Crippen LogP contribution is 2.22. The molecule has 7 nitrogen and oxygen atoms in total. The van der Waals surface area contributed by atoms with E-state index in [1.807, 2.05) is 32.9 Å². The number of aliphatic hydroxyl groups is 1. The van der Waals surface area contributed by atoms with Crippen molar-refractivity contribution in [2.24, 2.45) is 5.16 Å². The molecule has 2 aliphatic heterocycles. The molecule has 1 saturated heterocycles. The number of aliphatic hydroxyl groups excluding tert-OH is 1. The van der Waals surface area contributed by atoms with E-state index >= 15 is 0 Å². The fourth-order valence-electron chi connectivity index (χ4n) is 3.04. The van der Waals surface area contributed by atoms with Crippen molar-refractivity contribution in [1.82, 2.24) is 4.90 Å². The van der Waals surface area contributed by atoms with E-state index in [-0.39, 0.29) is 18.8 Å². The zero-order chi connectivity index (χ0) is 18.7. The third kappa shape index (κ3) is 4.46. The van der Waals surface area contributed by atoms with Gasteiger partial charge in [-0.05, 0) is 38.5 Å². The molecule has 7 heteroatoms. The minimum atomic E-state index is -0.467. The highest BCUT2D eigenvalue weighted by molar-refractivity contribution is 6.01. The Balaban J connectivity index is 1.54. The number of ether oxygens (including phenoxy) is 1. The molecule has 2 aliphatic rings. The van der Waals surface area contributed by atoms with Crippen LogP contribution in [-0.2, 0) is 9.57 Å². The first-order valence-electron chi connectivity index (χ1n) is 9.02. The van der Waals surface area contributed by atoms with Gasteiger partial charge in [-0.2, -0.15) is 0 Å². The molecule has 1 unspecified atom stereocenters. The largest absolute Gasteiger partial charge is 0.444 e. The van der Waals surface area contributed by atoms with Crippen molar-refractivity contribution in [2.75, 3.05) is 37.7 Å². The fraction of sp³-hybridized carbons (Fsp3) is 0.579. The van der Waals surface area contributed by atoms with E-state index in [1.165, 1.54) is 0 Å². The van der Waals surface area contributed by atoms with Crippen LogP contribution in [0.1, 0.15) is 32.8 Å². The number of hydrogen-bond donors (Lipinski definition) is 1. The Labute approximate surface area is 154 Å². The predicted molar refractivity (Wildman–Crippen MR) is 99.6 cm³/mol. The van der Waals surface area contributed by atoms with Crippen LogP contribution >= 0.6 is 0 Å². The quantitative estimate of drug-likeness (QED) is 0.894. The predicted octanol–water partition coefficient (Wildman–Crippen LogP) is 2.23. The van der Waals surface area contributed by atoms with Crippen LogP contribution in [-0.4, -0.2) is 66.3 Å². The lowest BCUT2D eigenvalue weighted by Crippen LogP contribution is -2.50. The van der Waals surface area contributed by atoms with Gasteiger partial charge in [0.05, 0.1) is 12.3 Å². The van der Waals surface area contributed by atoms with E-state index in [2.05, 4.69) is 22.2 Å². The van der Waals surface area contributed by atoms with Crippen LogP contribution in [0.15, 0.2) is 29.4 Å². The molecule has 1 fully saturated rings. The lowest BCUT2D eigenvalue weighted by Gasteiger charge is -2.36. The van der Waals surface area contributed by atoms with Crippen molar-refractivity contribution < 1.29 is 19.5 Å². The van der Waals surface area contributed by atoms with E-state index in [0.29, 0.717) is 19.5 Å². The molecule has 142 valence electrons. The monoisotopic (exact) mass is 361 g/mol. The number of oxime groups is 1. The van der Waals surface area contributed by atoms with Gasteiger partial charge in [-0.15, -0.1) is 0 Å². The van der Waals surface area contributed by atoms with Crippen LogP contribution in [0.4, 0.5) is 10.5 Å². The Morgan fingerprint density at radius 2 is 1.88 bits per heavy atom. The van der Waals surface area contributed by atoms with Gasteiger partial charge in [0.2, 0.25) is 0 Å². The molecule has 26 heavy (non-hydrogen) atoms. The molecule has 1 N–H and O–H groups in total. The van der Waals surface area contributed by atoms with Gasteiger partial charge in [-0.1, -0.05) is 17.3 Å². The fourth-order valence-corrected chi connectivity index (χ4v) is 3.04. The van der Waals surface area contributed by atoms with Crippen molar-refractivity contribution >= 4 is 17.5 Å². The number of carbonyl (C=O) groups excluding carboxylic acids is 1. The van der Waals surface area contributed by atoms with Gasteiger partial charge in [-0.3, -0.25) is 0 Å². The van der Waals surface area contributed by atoms with Gasteiger partial charge >= 0.3 is 6.09 Å². The van der Waals surface area contributed by atoms with Crippen LogP contribution in [0.2, 0.25) is 0 Å². The second-order valence-corrected chi connectivity index (χ2v) is 7.65. The maximum Gasteiger partial charge on any atom is 0.410 e. The van der Waals surface area contributed by atoms with Gasteiger partial charge in [0.1, 0.15) is 5.60 Å². The Morgan fingerprint density at radius 3 is 2.42 bits per heavy atom. The summed E-state index contributed by atoms with van der Waals surface area (Å²) < 4.78 is 5.43. The van der Waals surface area contributed by atoms with Crippen LogP contribution in [0.25, 0.3) is 0 Å². The molecular weight excluding hydrogens is 334 g/mol. The number of carbonyl (C=O) groups is 1. The van der Waals surface area contributed by atoms with Gasteiger partial charge in [-0.25, -0.2) is 4.79 Å². The number of amides is 1. The van der Waals surface area contributed by atoms with Crippen molar-refractivity contribution in [3.8, 4) is 0 Å². The highest BCUT2D eigenvalue weighted by atomic mass is 16.6. The van der Waals surface area contributed by atoms with E-state index in [0.717, 1.165) is 30.1 Å². The first-order valence-corrected chi connectivity index (χ1v) is 9.02. The molecule has 0 aliphatic carbocycles. The molecule has 0 radical (unpaired) electrons. The average Bonchev–Trinajstić information content (AvgIpc) is 3.10. The molecule has 2 heterocycles. The zero-order valence-corrected chi connectivity index (χ0v) is 15.6. The minimum absolute atomic E-state index is 0.0208. The summed E-state index contributed by atoms with van der Waals surface area (Å²) in [5, 5.41) is 13.2. The lowest BCUT2D eigenvalue weighted by molar-refractivity contribution is 0.0240. The van der Waals surface area contributed by atoms with Gasteiger partial charge in [0.15, 0.2) is 6.10 Å². The van der Waals surface area contributed by atoms with E-state index in [9.17, 15) is 4.79 Å². The highest BCUT2D eigenvalue weighted by Gasteiger charge is 2.26. The van der Waals surface area contributed by atoms with Crippen molar-refractivity contribution in [3.05, 3.63) is 29.8 Å². The summed E-state index contributed by atoms with van der Waals surface area (Å²) in [6, 6.07) is 8.18. The summed E-state index contributed by atoms with van der Waals surface area (Å²) in [5.74, 6) is 0. The van der Waals surface area contributed by atoms with Gasteiger partial charge in [0, 0.05) is 38.3 Å². The molecule has 1 atom stereocenters. The molecule has 0 saturated carbocycles. The standard InChI is InChI=1S/C19H27N3O4/c1-19(2,3)25-18(24)22-10-8-21(9-11-22)15-6-4-14(5-7-15)17-12-16(13-23)26-20-17/h4-7,16,23H,8-13H2,1-3H3. The molecule has 3 rings (SSSR count). The van der Waals surface area contributed by atoms with Crippen LogP contribution in [0, 0.1) is 0 Å². The van der Waals surface area contributed by atoms with E-state index in [4.69, 9.17) is 14.7 Å². The molecule has 0 spiro atoms. The smallest absolute Gasteiger partial charge is 0.410 e. The number of benzene rings is 1. The first kappa shape index (κ1) is 18.5. The molecule has 0 aromatic heterocycles. The second kappa shape index (κ2) is 7.53. The maximum atomic E-state index is 12.1. The number of rotatable bonds is 3. The van der Waals surface area contributed by atoms with Crippen molar-refractivity contribution in [1.29, 1.82) is 0 Å². The normalized spacial score (nSPS) is 20.6. The third-order valence-corrected chi connectivity index (χ3v) is 4.43.